The average molecular weight is 384 g/mol. The highest BCUT2D eigenvalue weighted by atomic mass is 19.3. The van der Waals surface area contributed by atoms with Crippen LogP contribution in [-0.4, -0.2) is 38.9 Å². The highest BCUT2D eigenvalue weighted by Gasteiger charge is 2.22. The fourth-order valence-corrected chi connectivity index (χ4v) is 3.17. The molecule has 1 atom stereocenters. The zero-order valence-electron chi connectivity index (χ0n) is 14.5. The molecule has 2 aromatic carbocycles. The van der Waals surface area contributed by atoms with Gasteiger partial charge in [-0.1, -0.05) is 30.3 Å². The molecule has 1 fully saturated rings. The molecule has 1 aliphatic rings. The minimum Gasteiger partial charge on any atom is -0.431 e. The zero-order chi connectivity index (χ0) is 19.2. The number of nitrogens with one attached hydrogen (secondary N) is 1. The van der Waals surface area contributed by atoms with Gasteiger partial charge in [-0.3, -0.25) is 0 Å². The number of halogens is 4. The van der Waals surface area contributed by atoms with Gasteiger partial charge in [-0.2, -0.15) is 17.6 Å². The molecule has 0 aromatic heterocycles. The number of piperazine rings is 1. The summed E-state index contributed by atoms with van der Waals surface area (Å²) < 4.78 is 58.8. The van der Waals surface area contributed by atoms with Crippen LogP contribution < -0.4 is 19.7 Å². The topological polar surface area (TPSA) is 33.7 Å². The third-order valence-electron chi connectivity index (χ3n) is 4.30. The third kappa shape index (κ3) is 5.50. The molecule has 27 heavy (non-hydrogen) atoms. The van der Waals surface area contributed by atoms with Gasteiger partial charge in [-0.15, -0.1) is 0 Å². The zero-order valence-corrected chi connectivity index (χ0v) is 14.5. The Morgan fingerprint density at radius 3 is 2.37 bits per heavy atom. The summed E-state index contributed by atoms with van der Waals surface area (Å²) in [7, 11) is 0. The van der Waals surface area contributed by atoms with Gasteiger partial charge in [0.1, 0.15) is 0 Å². The Labute approximate surface area is 154 Å². The lowest BCUT2D eigenvalue weighted by Gasteiger charge is -2.35. The van der Waals surface area contributed by atoms with E-state index < -0.39 is 24.7 Å². The smallest absolute Gasteiger partial charge is 0.387 e. The predicted octanol–water partition coefficient (Wildman–Crippen LogP) is 3.91. The van der Waals surface area contributed by atoms with Gasteiger partial charge in [0.2, 0.25) is 0 Å². The van der Waals surface area contributed by atoms with Crippen molar-refractivity contribution in [3.05, 3.63) is 54.1 Å². The van der Waals surface area contributed by atoms with E-state index in [0.717, 1.165) is 13.0 Å². The molecular weight excluding hydrogens is 364 g/mol. The van der Waals surface area contributed by atoms with E-state index in [4.69, 9.17) is 0 Å². The highest BCUT2D eigenvalue weighted by Crippen LogP contribution is 2.34. The molecule has 2 aromatic rings. The van der Waals surface area contributed by atoms with Crippen molar-refractivity contribution in [2.24, 2.45) is 0 Å². The Hall–Kier alpha value is -2.48. The second kappa shape index (κ2) is 8.94. The van der Waals surface area contributed by atoms with Crippen LogP contribution in [-0.2, 0) is 6.42 Å². The van der Waals surface area contributed by atoms with Crippen molar-refractivity contribution >= 4 is 5.69 Å². The molecule has 0 radical (unpaired) electrons. The SMILES string of the molecule is FC(F)Oc1ccc(N2CCN[C@@H](Cc3ccccc3)C2)cc1OC(F)F. The van der Waals surface area contributed by atoms with Crippen molar-refractivity contribution in [1.29, 1.82) is 0 Å². The third-order valence-corrected chi connectivity index (χ3v) is 4.30. The molecule has 0 aliphatic carbocycles. The molecule has 1 heterocycles. The van der Waals surface area contributed by atoms with Crippen molar-refractivity contribution in [2.45, 2.75) is 25.7 Å². The Morgan fingerprint density at radius 2 is 1.67 bits per heavy atom. The van der Waals surface area contributed by atoms with E-state index in [9.17, 15) is 17.6 Å². The number of hydrogen-bond acceptors (Lipinski definition) is 4. The second-order valence-electron chi connectivity index (χ2n) is 6.17. The first-order chi connectivity index (χ1) is 13.0. The molecule has 0 saturated carbocycles. The van der Waals surface area contributed by atoms with Gasteiger partial charge in [0, 0.05) is 37.4 Å². The van der Waals surface area contributed by atoms with E-state index in [1.807, 2.05) is 35.2 Å². The summed E-state index contributed by atoms with van der Waals surface area (Å²) in [5.74, 6) is -0.814. The van der Waals surface area contributed by atoms with E-state index in [1.165, 1.54) is 17.7 Å². The molecule has 1 saturated heterocycles. The van der Waals surface area contributed by atoms with E-state index in [-0.39, 0.29) is 6.04 Å². The standard InChI is InChI=1S/C19H20F4N2O2/c20-18(21)26-16-7-6-15(11-17(16)27-19(22)23)25-9-8-24-14(12-25)10-13-4-2-1-3-5-13/h1-7,11,14,18-19,24H,8-10,12H2/t14-/m0/s1. The van der Waals surface area contributed by atoms with E-state index in [1.54, 1.807) is 6.07 Å². The summed E-state index contributed by atoms with van der Waals surface area (Å²) in [5.41, 5.74) is 1.81. The molecule has 3 rings (SSSR count). The molecule has 8 heteroatoms. The number of alkyl halides is 4. The van der Waals surface area contributed by atoms with Gasteiger partial charge < -0.3 is 19.7 Å². The van der Waals surface area contributed by atoms with Crippen LogP contribution in [0.5, 0.6) is 11.5 Å². The maximum atomic E-state index is 12.6. The minimum absolute atomic E-state index is 0.178. The van der Waals surface area contributed by atoms with Gasteiger partial charge in [-0.05, 0) is 24.1 Å². The molecule has 1 N–H and O–H groups in total. The second-order valence-corrected chi connectivity index (χ2v) is 6.17. The van der Waals surface area contributed by atoms with Crippen LogP contribution in [0.25, 0.3) is 0 Å². The van der Waals surface area contributed by atoms with Gasteiger partial charge in [0.25, 0.3) is 0 Å². The predicted molar refractivity (Wildman–Crippen MR) is 93.9 cm³/mol. The van der Waals surface area contributed by atoms with E-state index in [0.29, 0.717) is 18.8 Å². The monoisotopic (exact) mass is 384 g/mol. The van der Waals surface area contributed by atoms with Gasteiger partial charge in [0.15, 0.2) is 11.5 Å². The van der Waals surface area contributed by atoms with Gasteiger partial charge in [0.05, 0.1) is 0 Å². The number of anilines is 1. The van der Waals surface area contributed by atoms with Crippen LogP contribution in [0.2, 0.25) is 0 Å². The normalized spacial score (nSPS) is 17.4. The molecule has 0 amide bonds. The Kier molecular flexibility index (Phi) is 6.39. The summed E-state index contributed by atoms with van der Waals surface area (Å²) in [5, 5.41) is 3.43. The molecule has 146 valence electrons. The summed E-state index contributed by atoms with van der Waals surface area (Å²) >= 11 is 0. The molecular formula is C19H20F4N2O2. The van der Waals surface area contributed by atoms with Crippen molar-refractivity contribution < 1.29 is 27.0 Å². The van der Waals surface area contributed by atoms with Crippen molar-refractivity contribution in [3.8, 4) is 11.5 Å². The maximum Gasteiger partial charge on any atom is 0.387 e. The van der Waals surface area contributed by atoms with Crippen molar-refractivity contribution in [3.63, 3.8) is 0 Å². The average Bonchev–Trinajstić information content (AvgIpc) is 2.63. The summed E-state index contributed by atoms with van der Waals surface area (Å²) in [6.45, 7) is -4.22. The number of benzene rings is 2. The largest absolute Gasteiger partial charge is 0.431 e. The lowest BCUT2D eigenvalue weighted by molar-refractivity contribution is -0.0692. The van der Waals surface area contributed by atoms with Crippen LogP contribution in [0.4, 0.5) is 23.2 Å². The highest BCUT2D eigenvalue weighted by molar-refractivity contribution is 5.57. The summed E-state index contributed by atoms with van der Waals surface area (Å²) in [6.07, 6.45) is 0.824. The van der Waals surface area contributed by atoms with Gasteiger partial charge in [-0.25, -0.2) is 0 Å². The maximum absolute atomic E-state index is 12.6. The molecule has 0 spiro atoms. The molecule has 4 nitrogen and oxygen atoms in total. The number of nitrogens with zero attached hydrogens (tertiary/aromatic N) is 1. The first-order valence-corrected chi connectivity index (χ1v) is 8.57. The number of rotatable bonds is 7. The number of ether oxygens (including phenoxy) is 2. The lowest BCUT2D eigenvalue weighted by Crippen LogP contribution is -2.51. The minimum atomic E-state index is -3.13. The van der Waals surface area contributed by atoms with Crippen LogP contribution in [0.1, 0.15) is 5.56 Å². The Morgan fingerprint density at radius 1 is 0.963 bits per heavy atom. The quantitative estimate of drug-likeness (QED) is 0.734. The lowest BCUT2D eigenvalue weighted by atomic mass is 10.0. The Bertz CT molecular complexity index is 731. The molecule has 1 aliphatic heterocycles. The molecule has 0 unspecified atom stereocenters. The number of hydrogen-bond donors (Lipinski definition) is 1. The van der Waals surface area contributed by atoms with Crippen LogP contribution in [0.3, 0.4) is 0 Å². The Balaban J connectivity index is 1.74. The van der Waals surface area contributed by atoms with Crippen molar-refractivity contribution in [1.82, 2.24) is 5.32 Å². The van der Waals surface area contributed by atoms with E-state index in [2.05, 4.69) is 14.8 Å². The van der Waals surface area contributed by atoms with Crippen molar-refractivity contribution in [2.75, 3.05) is 24.5 Å². The van der Waals surface area contributed by atoms with Gasteiger partial charge >= 0.3 is 13.2 Å². The van der Waals surface area contributed by atoms with E-state index >= 15 is 0 Å². The van der Waals surface area contributed by atoms with Crippen LogP contribution in [0.15, 0.2) is 48.5 Å². The van der Waals surface area contributed by atoms with Crippen LogP contribution >= 0.6 is 0 Å². The fraction of sp³-hybridized carbons (Fsp3) is 0.368. The molecule has 0 bridgehead atoms. The van der Waals surface area contributed by atoms with Crippen LogP contribution in [0, 0.1) is 0 Å². The summed E-state index contributed by atoms with van der Waals surface area (Å²) in [6, 6.07) is 14.3. The first-order valence-electron chi connectivity index (χ1n) is 8.57. The summed E-state index contributed by atoms with van der Waals surface area (Å²) in [4.78, 5) is 2.01. The first kappa shape index (κ1) is 19.3. The fourth-order valence-electron chi connectivity index (χ4n) is 3.17.